The summed E-state index contributed by atoms with van der Waals surface area (Å²) in [4.78, 5) is 11.5. The average Bonchev–Trinajstić information content (AvgIpc) is 2.02. The Morgan fingerprint density at radius 1 is 1.54 bits per heavy atom. The third-order valence-electron chi connectivity index (χ3n) is 1.85. The van der Waals surface area contributed by atoms with E-state index in [4.69, 9.17) is 11.6 Å². The molecule has 0 aliphatic heterocycles. The maximum absolute atomic E-state index is 11.5. The molecule has 0 spiro atoms. The van der Waals surface area contributed by atoms with Gasteiger partial charge in [-0.2, -0.15) is 0 Å². The van der Waals surface area contributed by atoms with Gasteiger partial charge in [-0.05, 0) is 47.2 Å². The monoisotopic (exact) mass is 308 g/mol. The van der Waals surface area contributed by atoms with E-state index in [1.54, 1.807) is 0 Å². The van der Waals surface area contributed by atoms with Crippen molar-refractivity contribution in [1.82, 2.24) is 0 Å². The van der Waals surface area contributed by atoms with Gasteiger partial charge in [0.25, 0.3) is 0 Å². The molecule has 0 N–H and O–H groups in total. The lowest BCUT2D eigenvalue weighted by atomic mass is 10.0. The topological polar surface area (TPSA) is 17.1 Å². The molecule has 0 saturated carbocycles. The van der Waals surface area contributed by atoms with Crippen molar-refractivity contribution < 1.29 is 4.79 Å². The second-order valence-corrected chi connectivity index (χ2v) is 4.51. The van der Waals surface area contributed by atoms with Crippen molar-refractivity contribution in [3.8, 4) is 0 Å². The third kappa shape index (κ3) is 2.44. The highest BCUT2D eigenvalue weighted by atomic mass is 127. The van der Waals surface area contributed by atoms with Crippen molar-refractivity contribution in [3.63, 3.8) is 0 Å². The summed E-state index contributed by atoms with van der Waals surface area (Å²) < 4.78 is 1.06. The van der Waals surface area contributed by atoms with E-state index in [2.05, 4.69) is 22.6 Å². The van der Waals surface area contributed by atoms with Crippen molar-refractivity contribution in [3.05, 3.63) is 31.9 Å². The summed E-state index contributed by atoms with van der Waals surface area (Å²) in [5.74, 6) is 0.110. The Labute approximate surface area is 96.6 Å². The molecule has 0 aliphatic rings. The minimum absolute atomic E-state index is 0.110. The number of hydrogen-bond acceptors (Lipinski definition) is 1. The molecule has 0 fully saturated rings. The Morgan fingerprint density at radius 3 is 2.62 bits per heavy atom. The molecule has 0 heterocycles. The largest absolute Gasteiger partial charge is 0.294 e. The Balaban J connectivity index is 3.28. The number of carbonyl (C=O) groups excluding carboxylic acids is 1. The van der Waals surface area contributed by atoms with E-state index in [0.717, 1.165) is 9.13 Å². The maximum Gasteiger partial charge on any atom is 0.164 e. The zero-order valence-corrected chi connectivity index (χ0v) is 10.4. The molecule has 0 amide bonds. The Kier molecular flexibility index (Phi) is 3.74. The van der Waals surface area contributed by atoms with Crippen molar-refractivity contribution >= 4 is 40.0 Å². The minimum Gasteiger partial charge on any atom is -0.294 e. The summed E-state index contributed by atoms with van der Waals surface area (Å²) in [6.45, 7) is 3.76. The Bertz CT molecular complexity index is 324. The zero-order chi connectivity index (χ0) is 10.0. The van der Waals surface area contributed by atoms with E-state index in [1.165, 1.54) is 0 Å². The molecule has 70 valence electrons. The summed E-state index contributed by atoms with van der Waals surface area (Å²) in [6.07, 6.45) is 0.501. The average molecular weight is 309 g/mol. The van der Waals surface area contributed by atoms with E-state index in [9.17, 15) is 4.79 Å². The molecule has 1 nitrogen and oxygen atoms in total. The van der Waals surface area contributed by atoms with Gasteiger partial charge in [-0.15, -0.1) is 0 Å². The van der Waals surface area contributed by atoms with Gasteiger partial charge in [-0.25, -0.2) is 0 Å². The predicted molar refractivity (Wildman–Crippen MR) is 63.5 cm³/mol. The molecule has 0 saturated heterocycles. The SMILES string of the molecule is CCC(=O)c1c(C)cc(I)cc1Cl. The van der Waals surface area contributed by atoms with Gasteiger partial charge in [0.1, 0.15) is 0 Å². The summed E-state index contributed by atoms with van der Waals surface area (Å²) in [5.41, 5.74) is 1.63. The smallest absolute Gasteiger partial charge is 0.164 e. The van der Waals surface area contributed by atoms with Gasteiger partial charge in [0.2, 0.25) is 0 Å². The van der Waals surface area contributed by atoms with Crippen LogP contribution < -0.4 is 0 Å². The molecule has 0 unspecified atom stereocenters. The van der Waals surface area contributed by atoms with Crippen LogP contribution in [0.1, 0.15) is 29.3 Å². The number of halogens is 2. The van der Waals surface area contributed by atoms with E-state index in [0.29, 0.717) is 17.0 Å². The first-order valence-electron chi connectivity index (χ1n) is 4.05. The highest BCUT2D eigenvalue weighted by molar-refractivity contribution is 14.1. The summed E-state index contributed by atoms with van der Waals surface area (Å²) in [5, 5.41) is 0.566. The van der Waals surface area contributed by atoms with E-state index in [1.807, 2.05) is 26.0 Å². The number of hydrogen-bond donors (Lipinski definition) is 0. The van der Waals surface area contributed by atoms with Crippen LogP contribution in [0.4, 0.5) is 0 Å². The number of carbonyl (C=O) groups is 1. The van der Waals surface area contributed by atoms with Crippen LogP contribution in [0.15, 0.2) is 12.1 Å². The normalized spacial score (nSPS) is 10.2. The van der Waals surface area contributed by atoms with Crippen molar-refractivity contribution in [2.45, 2.75) is 20.3 Å². The highest BCUT2D eigenvalue weighted by Crippen LogP contribution is 2.24. The van der Waals surface area contributed by atoms with Gasteiger partial charge in [0.15, 0.2) is 5.78 Å². The van der Waals surface area contributed by atoms with Crippen LogP contribution in [0, 0.1) is 10.5 Å². The van der Waals surface area contributed by atoms with Crippen molar-refractivity contribution in [1.29, 1.82) is 0 Å². The van der Waals surface area contributed by atoms with Crippen molar-refractivity contribution in [2.24, 2.45) is 0 Å². The fourth-order valence-corrected chi connectivity index (χ4v) is 2.57. The van der Waals surface area contributed by atoms with Gasteiger partial charge >= 0.3 is 0 Å². The van der Waals surface area contributed by atoms with Crippen LogP contribution in [0.2, 0.25) is 5.02 Å². The van der Waals surface area contributed by atoms with Crippen LogP contribution in [-0.4, -0.2) is 5.78 Å². The second-order valence-electron chi connectivity index (χ2n) is 2.86. The first kappa shape index (κ1) is 11.0. The van der Waals surface area contributed by atoms with E-state index >= 15 is 0 Å². The predicted octanol–water partition coefficient (Wildman–Crippen LogP) is 3.85. The highest BCUT2D eigenvalue weighted by Gasteiger charge is 2.11. The minimum atomic E-state index is 0.110. The van der Waals surface area contributed by atoms with Crippen LogP contribution in [-0.2, 0) is 0 Å². The molecule has 13 heavy (non-hydrogen) atoms. The number of rotatable bonds is 2. The molecule has 0 bridgehead atoms. The lowest BCUT2D eigenvalue weighted by Crippen LogP contribution is -2.01. The van der Waals surface area contributed by atoms with Gasteiger partial charge < -0.3 is 0 Å². The molecule has 0 aliphatic carbocycles. The van der Waals surface area contributed by atoms with E-state index in [-0.39, 0.29) is 5.78 Å². The lowest BCUT2D eigenvalue weighted by Gasteiger charge is -2.06. The molecule has 0 radical (unpaired) electrons. The third-order valence-corrected chi connectivity index (χ3v) is 2.77. The second kappa shape index (κ2) is 4.42. The summed E-state index contributed by atoms with van der Waals surface area (Å²) in [6, 6.07) is 3.79. The fourth-order valence-electron chi connectivity index (χ4n) is 1.23. The van der Waals surface area contributed by atoms with Gasteiger partial charge in [0.05, 0.1) is 5.02 Å². The van der Waals surface area contributed by atoms with Gasteiger partial charge in [-0.3, -0.25) is 4.79 Å². The maximum atomic E-state index is 11.5. The molecule has 3 heteroatoms. The zero-order valence-electron chi connectivity index (χ0n) is 7.53. The van der Waals surface area contributed by atoms with Crippen LogP contribution in [0.25, 0.3) is 0 Å². The van der Waals surface area contributed by atoms with E-state index < -0.39 is 0 Å². The summed E-state index contributed by atoms with van der Waals surface area (Å²) in [7, 11) is 0. The number of Topliss-reactive ketones (excluding diaryl/α,β-unsaturated/α-hetero) is 1. The molecule has 0 aromatic heterocycles. The van der Waals surface area contributed by atoms with Gasteiger partial charge in [0, 0.05) is 15.6 Å². The Morgan fingerprint density at radius 2 is 2.15 bits per heavy atom. The van der Waals surface area contributed by atoms with Crippen LogP contribution >= 0.6 is 34.2 Å². The standard InChI is InChI=1S/C10H10ClIO/c1-3-9(13)10-6(2)4-7(12)5-8(10)11/h4-5H,3H2,1-2H3. The molecule has 1 aromatic carbocycles. The first-order chi connectivity index (χ1) is 6.06. The van der Waals surface area contributed by atoms with Gasteiger partial charge in [-0.1, -0.05) is 18.5 Å². The molecule has 1 rings (SSSR count). The van der Waals surface area contributed by atoms with Crippen LogP contribution in [0.3, 0.4) is 0 Å². The Hall–Kier alpha value is -0.0900. The fraction of sp³-hybridized carbons (Fsp3) is 0.300. The molecular weight excluding hydrogens is 298 g/mol. The molecular formula is C10H10ClIO. The van der Waals surface area contributed by atoms with Crippen LogP contribution in [0.5, 0.6) is 0 Å². The summed E-state index contributed by atoms with van der Waals surface area (Å²) >= 11 is 8.17. The van der Waals surface area contributed by atoms with Crippen molar-refractivity contribution in [2.75, 3.05) is 0 Å². The lowest BCUT2D eigenvalue weighted by molar-refractivity contribution is 0.0987. The number of ketones is 1. The first-order valence-corrected chi connectivity index (χ1v) is 5.50. The number of aryl methyl sites for hydroxylation is 1. The molecule has 1 aromatic rings. The number of benzene rings is 1. The molecule has 0 atom stereocenters. The quantitative estimate of drug-likeness (QED) is 0.599.